The van der Waals surface area contributed by atoms with Crippen LogP contribution in [-0.2, 0) is 7.59 Å². The van der Waals surface area contributed by atoms with Crippen molar-refractivity contribution in [3.63, 3.8) is 0 Å². The molecule has 1 aromatic carbocycles. The second-order valence-electron chi connectivity index (χ2n) is 4.86. The molecule has 2 aromatic rings. The molecule has 2 rings (SSSR count). The summed E-state index contributed by atoms with van der Waals surface area (Å²) in [5.41, 5.74) is 0.858. The molecule has 0 fully saturated rings. The van der Waals surface area contributed by atoms with E-state index in [4.69, 9.17) is 74.7 Å². The molecule has 12 heteroatoms. The van der Waals surface area contributed by atoms with Gasteiger partial charge in [-0.25, -0.2) is 15.0 Å². The Bertz CT molecular complexity index is 757. The van der Waals surface area contributed by atoms with E-state index < -0.39 is 7.59 Å². The molecule has 0 aliphatic heterocycles. The molecule has 0 saturated heterocycles. The van der Waals surface area contributed by atoms with Crippen molar-refractivity contribution < 1.29 is 9.90 Å². The third-order valence-corrected chi connectivity index (χ3v) is 3.96. The summed E-state index contributed by atoms with van der Waals surface area (Å²) in [7, 11) is 0. The monoisotopic (exact) mass is 476 g/mol. The highest BCUT2D eigenvalue weighted by molar-refractivity contribution is 6.67. The number of rotatable bonds is 4. The minimum Gasteiger partial charge on any atom is -0.395 e. The molecule has 1 aromatic heterocycles. The highest BCUT2D eigenvalue weighted by Crippen LogP contribution is 2.40. The number of aliphatic hydroxyl groups is 1. The lowest BCUT2D eigenvalue weighted by molar-refractivity contribution is 0.0945. The van der Waals surface area contributed by atoms with Gasteiger partial charge < -0.3 is 10.4 Å². The zero-order valence-corrected chi connectivity index (χ0v) is 17.2. The fourth-order valence-corrected chi connectivity index (χ4v) is 2.31. The minimum absolute atomic E-state index is 0.102. The first-order valence-corrected chi connectivity index (χ1v) is 9.19. The minimum atomic E-state index is -1.95. The van der Waals surface area contributed by atoms with Gasteiger partial charge in [0.15, 0.2) is 17.5 Å². The summed E-state index contributed by atoms with van der Waals surface area (Å²) in [5, 5.41) is 11.3. The van der Waals surface area contributed by atoms with Gasteiger partial charge in [0.1, 0.15) is 0 Å². The summed E-state index contributed by atoms with van der Waals surface area (Å²) in [6.07, 6.45) is 0. The number of carbonyl (C=O) groups is 1. The standard InChI is InChI=1S/C14H10Cl6N4O2/c15-13(16,17)11-22-9(23-12(24-11)14(18,19)20)7-1-3-8(4-2-7)10(26)21-5-6-25/h1-4,25H,5-6H2,(H,21,26). The molecule has 0 aliphatic rings. The SMILES string of the molecule is O=C(NCCO)c1ccc(-c2nc(C(Cl)(Cl)Cl)nc(C(Cl)(Cl)Cl)n2)cc1. The van der Waals surface area contributed by atoms with Crippen LogP contribution in [0.1, 0.15) is 22.0 Å². The fourth-order valence-electron chi connectivity index (χ4n) is 1.80. The Morgan fingerprint density at radius 2 is 1.42 bits per heavy atom. The van der Waals surface area contributed by atoms with Crippen molar-refractivity contribution in [3.8, 4) is 11.4 Å². The Morgan fingerprint density at radius 3 is 1.85 bits per heavy atom. The number of alkyl halides is 6. The van der Waals surface area contributed by atoms with Crippen LogP contribution >= 0.6 is 69.6 Å². The third kappa shape index (κ3) is 5.70. The van der Waals surface area contributed by atoms with E-state index in [1.54, 1.807) is 12.1 Å². The van der Waals surface area contributed by atoms with Crippen LogP contribution in [0.3, 0.4) is 0 Å². The van der Waals surface area contributed by atoms with E-state index in [0.29, 0.717) is 11.1 Å². The zero-order chi connectivity index (χ0) is 19.5. The Hall–Kier alpha value is -0.600. The van der Waals surface area contributed by atoms with Crippen LogP contribution in [0.15, 0.2) is 24.3 Å². The Kier molecular flexibility index (Phi) is 7.18. The lowest BCUT2D eigenvalue weighted by atomic mass is 10.1. The van der Waals surface area contributed by atoms with Crippen LogP contribution in [-0.4, -0.2) is 39.1 Å². The number of hydrogen-bond donors (Lipinski definition) is 2. The molecule has 140 valence electrons. The zero-order valence-electron chi connectivity index (χ0n) is 12.7. The van der Waals surface area contributed by atoms with Gasteiger partial charge in [-0.15, -0.1) is 0 Å². The molecule has 0 spiro atoms. The molecule has 0 unspecified atom stereocenters. The number of hydrogen-bond acceptors (Lipinski definition) is 5. The lowest BCUT2D eigenvalue weighted by Gasteiger charge is -2.15. The summed E-state index contributed by atoms with van der Waals surface area (Å²) >= 11 is 35.0. The fraction of sp³-hybridized carbons (Fsp3) is 0.286. The van der Waals surface area contributed by atoms with Gasteiger partial charge in [-0.3, -0.25) is 4.79 Å². The molecule has 0 radical (unpaired) electrons. The topological polar surface area (TPSA) is 88.0 Å². The first kappa shape index (κ1) is 21.7. The van der Waals surface area contributed by atoms with Crippen molar-refractivity contribution in [2.45, 2.75) is 7.59 Å². The van der Waals surface area contributed by atoms with Gasteiger partial charge in [0.25, 0.3) is 5.91 Å². The number of amides is 1. The van der Waals surface area contributed by atoms with Crippen LogP contribution in [0.2, 0.25) is 0 Å². The predicted molar refractivity (Wildman–Crippen MR) is 103 cm³/mol. The Labute approximate surface area is 178 Å². The second kappa shape index (κ2) is 8.61. The van der Waals surface area contributed by atoms with Crippen LogP contribution in [0, 0.1) is 0 Å². The second-order valence-corrected chi connectivity index (χ2v) is 9.42. The van der Waals surface area contributed by atoms with Gasteiger partial charge in [0, 0.05) is 17.7 Å². The lowest BCUT2D eigenvalue weighted by Crippen LogP contribution is -2.26. The van der Waals surface area contributed by atoms with E-state index in [-0.39, 0.29) is 36.5 Å². The van der Waals surface area contributed by atoms with Crippen LogP contribution in [0.5, 0.6) is 0 Å². The molecule has 26 heavy (non-hydrogen) atoms. The largest absolute Gasteiger partial charge is 0.395 e. The maximum atomic E-state index is 11.9. The first-order chi connectivity index (χ1) is 12.0. The highest BCUT2D eigenvalue weighted by atomic mass is 35.6. The van der Waals surface area contributed by atoms with Gasteiger partial charge in [-0.05, 0) is 12.1 Å². The molecule has 6 nitrogen and oxygen atoms in total. The van der Waals surface area contributed by atoms with E-state index >= 15 is 0 Å². The quantitative estimate of drug-likeness (QED) is 0.650. The number of benzene rings is 1. The predicted octanol–water partition coefficient (Wildman–Crippen LogP) is 3.91. The summed E-state index contributed by atoms with van der Waals surface area (Å²) in [5.74, 6) is -0.660. The highest BCUT2D eigenvalue weighted by Gasteiger charge is 2.34. The smallest absolute Gasteiger partial charge is 0.251 e. The molecular weight excluding hydrogens is 469 g/mol. The van der Waals surface area contributed by atoms with Crippen LogP contribution in [0.25, 0.3) is 11.4 Å². The average molecular weight is 479 g/mol. The van der Waals surface area contributed by atoms with E-state index in [1.165, 1.54) is 12.1 Å². The Morgan fingerprint density at radius 1 is 0.923 bits per heavy atom. The van der Waals surface area contributed by atoms with Crippen molar-refractivity contribution in [1.82, 2.24) is 20.3 Å². The van der Waals surface area contributed by atoms with Crippen molar-refractivity contribution in [2.75, 3.05) is 13.2 Å². The van der Waals surface area contributed by atoms with E-state index in [2.05, 4.69) is 20.3 Å². The number of aromatic nitrogens is 3. The number of carbonyl (C=O) groups excluding carboxylic acids is 1. The third-order valence-electron chi connectivity index (χ3n) is 2.95. The molecule has 2 N–H and O–H groups in total. The Balaban J connectivity index is 2.43. The van der Waals surface area contributed by atoms with Gasteiger partial charge in [-0.2, -0.15) is 0 Å². The van der Waals surface area contributed by atoms with Crippen molar-refractivity contribution in [1.29, 1.82) is 0 Å². The van der Waals surface area contributed by atoms with Crippen molar-refractivity contribution in [2.24, 2.45) is 0 Å². The molecule has 0 aliphatic carbocycles. The summed E-state index contributed by atoms with van der Waals surface area (Å²) in [4.78, 5) is 23.9. The van der Waals surface area contributed by atoms with Gasteiger partial charge in [0.05, 0.1) is 6.61 Å². The molecular formula is C14H10Cl6N4O2. The maximum Gasteiger partial charge on any atom is 0.251 e. The van der Waals surface area contributed by atoms with Gasteiger partial charge in [-0.1, -0.05) is 81.7 Å². The molecule has 0 bridgehead atoms. The maximum absolute atomic E-state index is 11.9. The summed E-state index contributed by atoms with van der Waals surface area (Å²) in [6, 6.07) is 6.23. The number of halogens is 6. The number of nitrogens with zero attached hydrogens (tertiary/aromatic N) is 3. The molecule has 1 heterocycles. The average Bonchev–Trinajstić information content (AvgIpc) is 2.58. The number of nitrogens with one attached hydrogen (secondary N) is 1. The summed E-state index contributed by atoms with van der Waals surface area (Å²) < 4.78 is -3.90. The molecule has 0 saturated carbocycles. The van der Waals surface area contributed by atoms with Crippen LogP contribution in [0.4, 0.5) is 0 Å². The number of aliphatic hydroxyl groups excluding tert-OH is 1. The van der Waals surface area contributed by atoms with Gasteiger partial charge in [0.2, 0.25) is 7.59 Å². The van der Waals surface area contributed by atoms with Crippen molar-refractivity contribution in [3.05, 3.63) is 41.5 Å². The molecule has 0 atom stereocenters. The van der Waals surface area contributed by atoms with E-state index in [0.717, 1.165) is 0 Å². The van der Waals surface area contributed by atoms with Gasteiger partial charge >= 0.3 is 0 Å². The summed E-state index contributed by atoms with van der Waals surface area (Å²) in [6.45, 7) is -0.0123. The molecule has 1 amide bonds. The van der Waals surface area contributed by atoms with E-state index in [9.17, 15) is 4.79 Å². The van der Waals surface area contributed by atoms with E-state index in [1.807, 2.05) is 0 Å². The van der Waals surface area contributed by atoms with Crippen molar-refractivity contribution >= 4 is 75.5 Å². The normalized spacial score (nSPS) is 12.1. The first-order valence-electron chi connectivity index (χ1n) is 6.92. The van der Waals surface area contributed by atoms with Crippen LogP contribution < -0.4 is 5.32 Å².